The zero-order chi connectivity index (χ0) is 19.3. The van der Waals surface area contributed by atoms with Gasteiger partial charge in [0.15, 0.2) is 0 Å². The highest BCUT2D eigenvalue weighted by Crippen LogP contribution is 2.28. The van der Waals surface area contributed by atoms with E-state index in [1.807, 2.05) is 24.3 Å². The number of thioether (sulfide) groups is 1. The molecule has 0 fully saturated rings. The van der Waals surface area contributed by atoms with Crippen molar-refractivity contribution < 1.29 is 17.9 Å². The van der Waals surface area contributed by atoms with Crippen molar-refractivity contribution in [3.63, 3.8) is 0 Å². The quantitative estimate of drug-likeness (QED) is 0.697. The van der Waals surface area contributed by atoms with Crippen molar-refractivity contribution in [3.05, 3.63) is 42.5 Å². The number of hydrogen-bond donors (Lipinski definition) is 2. The van der Waals surface area contributed by atoms with E-state index in [0.29, 0.717) is 11.4 Å². The standard InChI is InChI=1S/C17H21N3O4S2/c1-20(2)16-9-8-14(26(18,22)23)10-15(16)19-17(21)11-25-13-6-4-12(24-3)5-7-13/h4-10H,11H2,1-3H3,(H,19,21)(H2,18,22,23). The molecule has 0 saturated heterocycles. The molecule has 0 radical (unpaired) electrons. The van der Waals surface area contributed by atoms with E-state index in [4.69, 9.17) is 9.88 Å². The minimum atomic E-state index is -3.85. The van der Waals surface area contributed by atoms with Crippen molar-refractivity contribution >= 4 is 39.1 Å². The summed E-state index contributed by atoms with van der Waals surface area (Å²) in [5.74, 6) is 0.674. The van der Waals surface area contributed by atoms with Crippen molar-refractivity contribution in [1.82, 2.24) is 0 Å². The minimum Gasteiger partial charge on any atom is -0.497 e. The molecule has 2 rings (SSSR count). The number of amides is 1. The van der Waals surface area contributed by atoms with E-state index in [2.05, 4.69) is 5.32 Å². The first kappa shape index (κ1) is 20.1. The Morgan fingerprint density at radius 3 is 2.38 bits per heavy atom. The van der Waals surface area contributed by atoms with Crippen molar-refractivity contribution in [1.29, 1.82) is 0 Å². The van der Waals surface area contributed by atoms with Crippen LogP contribution in [0.4, 0.5) is 11.4 Å². The number of carbonyl (C=O) groups is 1. The Morgan fingerprint density at radius 2 is 1.85 bits per heavy atom. The van der Waals surface area contributed by atoms with E-state index >= 15 is 0 Å². The first-order valence-corrected chi connectivity index (χ1v) is 10.1. The lowest BCUT2D eigenvalue weighted by atomic mass is 10.2. The average Bonchev–Trinajstić information content (AvgIpc) is 2.59. The molecule has 2 aromatic rings. The number of nitrogens with two attached hydrogens (primary N) is 1. The van der Waals surface area contributed by atoms with Crippen LogP contribution in [-0.4, -0.2) is 41.3 Å². The predicted molar refractivity (Wildman–Crippen MR) is 104 cm³/mol. The highest BCUT2D eigenvalue weighted by Gasteiger charge is 2.14. The lowest BCUT2D eigenvalue weighted by molar-refractivity contribution is -0.113. The Morgan fingerprint density at radius 1 is 1.19 bits per heavy atom. The molecule has 2 aromatic carbocycles. The molecule has 0 heterocycles. The van der Waals surface area contributed by atoms with Crippen LogP contribution in [0.2, 0.25) is 0 Å². The van der Waals surface area contributed by atoms with Crippen molar-refractivity contribution in [2.45, 2.75) is 9.79 Å². The number of carbonyl (C=O) groups excluding carboxylic acids is 1. The topological polar surface area (TPSA) is 102 Å². The molecule has 0 bridgehead atoms. The van der Waals surface area contributed by atoms with Gasteiger partial charge in [-0.05, 0) is 42.5 Å². The van der Waals surface area contributed by atoms with Crippen molar-refractivity contribution in [3.8, 4) is 5.75 Å². The maximum atomic E-state index is 12.3. The number of hydrogen-bond acceptors (Lipinski definition) is 6. The maximum Gasteiger partial charge on any atom is 0.238 e. The van der Waals surface area contributed by atoms with Crippen LogP contribution in [0, 0.1) is 0 Å². The molecule has 0 aliphatic carbocycles. The SMILES string of the molecule is COc1ccc(SCC(=O)Nc2cc(S(N)(=O)=O)ccc2N(C)C)cc1. The largest absolute Gasteiger partial charge is 0.497 e. The predicted octanol–water partition coefficient (Wildman–Crippen LogP) is 2.14. The molecular weight excluding hydrogens is 374 g/mol. The van der Waals surface area contributed by atoms with E-state index in [1.165, 1.54) is 23.9 Å². The molecule has 0 spiro atoms. The minimum absolute atomic E-state index is 0.0544. The van der Waals surface area contributed by atoms with Gasteiger partial charge >= 0.3 is 0 Å². The maximum absolute atomic E-state index is 12.3. The third-order valence-electron chi connectivity index (χ3n) is 3.48. The number of methoxy groups -OCH3 is 1. The molecule has 0 atom stereocenters. The van der Waals surface area contributed by atoms with Gasteiger partial charge in [-0.25, -0.2) is 13.6 Å². The fraction of sp³-hybridized carbons (Fsp3) is 0.235. The summed E-state index contributed by atoms with van der Waals surface area (Å²) in [5, 5.41) is 7.92. The normalized spacial score (nSPS) is 11.1. The fourth-order valence-corrected chi connectivity index (χ4v) is 3.43. The molecule has 140 valence electrons. The molecule has 0 aliphatic heterocycles. The number of sulfonamides is 1. The summed E-state index contributed by atoms with van der Waals surface area (Å²) in [7, 11) is 1.34. The molecular formula is C17H21N3O4S2. The summed E-state index contributed by atoms with van der Waals surface area (Å²) in [6.07, 6.45) is 0. The number of primary sulfonamides is 1. The second-order valence-corrected chi connectivity index (χ2v) is 8.24. The third kappa shape index (κ3) is 5.38. The van der Waals surface area contributed by atoms with Gasteiger partial charge in [0.25, 0.3) is 0 Å². The summed E-state index contributed by atoms with van der Waals surface area (Å²) in [5.41, 5.74) is 1.07. The molecule has 26 heavy (non-hydrogen) atoms. The number of rotatable bonds is 7. The third-order valence-corrected chi connectivity index (χ3v) is 5.40. The summed E-state index contributed by atoms with van der Waals surface area (Å²) < 4.78 is 28.2. The van der Waals surface area contributed by atoms with Gasteiger partial charge in [0, 0.05) is 19.0 Å². The second-order valence-electron chi connectivity index (χ2n) is 5.63. The molecule has 7 nitrogen and oxygen atoms in total. The fourth-order valence-electron chi connectivity index (χ4n) is 2.19. The number of nitrogens with zero attached hydrogens (tertiary/aromatic N) is 1. The van der Waals surface area contributed by atoms with Crippen LogP contribution in [0.1, 0.15) is 0 Å². The molecule has 9 heteroatoms. The molecule has 1 amide bonds. The van der Waals surface area contributed by atoms with Gasteiger partial charge in [-0.2, -0.15) is 0 Å². The van der Waals surface area contributed by atoms with Gasteiger partial charge in [0.05, 0.1) is 29.1 Å². The highest BCUT2D eigenvalue weighted by molar-refractivity contribution is 8.00. The molecule has 0 aliphatic rings. The lowest BCUT2D eigenvalue weighted by Gasteiger charge is -2.18. The lowest BCUT2D eigenvalue weighted by Crippen LogP contribution is -2.19. The smallest absolute Gasteiger partial charge is 0.238 e. The van der Waals surface area contributed by atoms with Gasteiger partial charge in [-0.3, -0.25) is 4.79 Å². The van der Waals surface area contributed by atoms with Crippen molar-refractivity contribution in [2.75, 3.05) is 37.2 Å². The number of benzene rings is 2. The van der Waals surface area contributed by atoms with E-state index < -0.39 is 10.0 Å². The molecule has 0 aromatic heterocycles. The Balaban J connectivity index is 2.11. The van der Waals surface area contributed by atoms with Gasteiger partial charge in [-0.1, -0.05) is 0 Å². The van der Waals surface area contributed by atoms with Crippen LogP contribution >= 0.6 is 11.8 Å². The molecule has 0 saturated carbocycles. The summed E-state index contributed by atoms with van der Waals surface area (Å²) >= 11 is 1.37. The van der Waals surface area contributed by atoms with E-state index in [1.54, 1.807) is 32.2 Å². The summed E-state index contributed by atoms with van der Waals surface area (Å²) in [6.45, 7) is 0. The second kappa shape index (κ2) is 8.43. The van der Waals surface area contributed by atoms with E-state index in [0.717, 1.165) is 10.6 Å². The Kier molecular flexibility index (Phi) is 6.52. The summed E-state index contributed by atoms with van der Waals surface area (Å²) in [4.78, 5) is 14.9. The van der Waals surface area contributed by atoms with Gasteiger partial charge < -0.3 is 15.0 Å². The molecule has 0 unspecified atom stereocenters. The monoisotopic (exact) mass is 395 g/mol. The van der Waals surface area contributed by atoms with Crippen LogP contribution < -0.4 is 20.1 Å². The number of nitrogens with one attached hydrogen (secondary N) is 1. The number of anilines is 2. The van der Waals surface area contributed by atoms with Crippen LogP contribution in [-0.2, 0) is 14.8 Å². The highest BCUT2D eigenvalue weighted by atomic mass is 32.2. The van der Waals surface area contributed by atoms with Crippen molar-refractivity contribution in [2.24, 2.45) is 5.14 Å². The Hall–Kier alpha value is -2.23. The van der Waals surface area contributed by atoms with Crippen LogP contribution in [0.25, 0.3) is 0 Å². The zero-order valence-corrected chi connectivity index (χ0v) is 16.4. The zero-order valence-electron chi connectivity index (χ0n) is 14.7. The van der Waals surface area contributed by atoms with Crippen LogP contribution in [0.5, 0.6) is 5.75 Å². The number of ether oxygens (including phenoxy) is 1. The summed E-state index contributed by atoms with van der Waals surface area (Å²) in [6, 6.07) is 11.7. The van der Waals surface area contributed by atoms with E-state index in [-0.39, 0.29) is 16.6 Å². The Bertz CT molecular complexity index is 881. The molecule has 3 N–H and O–H groups in total. The van der Waals surface area contributed by atoms with Gasteiger partial charge in [-0.15, -0.1) is 11.8 Å². The first-order valence-electron chi connectivity index (χ1n) is 7.61. The van der Waals surface area contributed by atoms with Crippen LogP contribution in [0.15, 0.2) is 52.3 Å². The van der Waals surface area contributed by atoms with E-state index in [9.17, 15) is 13.2 Å². The van der Waals surface area contributed by atoms with Gasteiger partial charge in [0.2, 0.25) is 15.9 Å². The van der Waals surface area contributed by atoms with Gasteiger partial charge in [0.1, 0.15) is 5.75 Å². The average molecular weight is 396 g/mol. The Labute approximate surface area is 157 Å². The first-order chi connectivity index (χ1) is 12.2. The van der Waals surface area contributed by atoms with Crippen LogP contribution in [0.3, 0.4) is 0 Å².